The Balaban J connectivity index is 2.58. The lowest BCUT2D eigenvalue weighted by Gasteiger charge is -2.26. The molecule has 3 N–H and O–H groups in total. The van der Waals surface area contributed by atoms with Gasteiger partial charge in [0.05, 0.1) is 6.42 Å². The van der Waals surface area contributed by atoms with Crippen molar-refractivity contribution in [2.45, 2.75) is 34.1 Å². The van der Waals surface area contributed by atoms with Gasteiger partial charge in [0.1, 0.15) is 6.54 Å². The second-order valence-electron chi connectivity index (χ2n) is 6.62. The van der Waals surface area contributed by atoms with Gasteiger partial charge in [-0.05, 0) is 23.1 Å². The van der Waals surface area contributed by atoms with Crippen LogP contribution in [0.5, 0.6) is 0 Å². The monoisotopic (exact) mass is 320 g/mol. The molecule has 2 amide bonds. The van der Waals surface area contributed by atoms with Gasteiger partial charge in [-0.25, -0.2) is 0 Å². The van der Waals surface area contributed by atoms with Gasteiger partial charge in [-0.1, -0.05) is 39.8 Å². The molecule has 1 rings (SSSR count). The van der Waals surface area contributed by atoms with Crippen LogP contribution in [-0.4, -0.2) is 29.4 Å². The number of benzene rings is 1. The molecule has 0 aromatic heterocycles. The number of carbonyl (C=O) groups excluding carboxylic acids is 2. The van der Waals surface area contributed by atoms with Crippen LogP contribution in [0.15, 0.2) is 24.3 Å². The molecule has 0 spiro atoms. The van der Waals surface area contributed by atoms with Gasteiger partial charge in [-0.15, -0.1) is 0 Å². The number of hydrogen-bond acceptors (Lipinski definition) is 3. The minimum absolute atomic E-state index is 0.0514. The summed E-state index contributed by atoms with van der Waals surface area (Å²) in [5, 5.41) is 13.6. The maximum atomic E-state index is 12.1. The number of nitrogens with one attached hydrogen (secondary N) is 2. The predicted molar refractivity (Wildman–Crippen MR) is 88.0 cm³/mol. The van der Waals surface area contributed by atoms with Gasteiger partial charge < -0.3 is 15.7 Å². The Hall–Kier alpha value is -2.37. The van der Waals surface area contributed by atoms with E-state index in [4.69, 9.17) is 5.11 Å². The zero-order valence-corrected chi connectivity index (χ0v) is 14.0. The third-order valence-electron chi connectivity index (χ3n) is 3.72. The fourth-order valence-electron chi connectivity index (χ4n) is 1.77. The van der Waals surface area contributed by atoms with Crippen molar-refractivity contribution in [1.82, 2.24) is 5.32 Å². The van der Waals surface area contributed by atoms with Crippen LogP contribution < -0.4 is 10.6 Å². The van der Waals surface area contributed by atoms with Crippen molar-refractivity contribution in [2.24, 2.45) is 11.3 Å². The molecule has 0 bridgehead atoms. The van der Waals surface area contributed by atoms with E-state index in [1.807, 2.05) is 27.7 Å². The molecular weight excluding hydrogens is 296 g/mol. The van der Waals surface area contributed by atoms with Crippen LogP contribution in [-0.2, 0) is 20.8 Å². The molecule has 0 aliphatic heterocycles. The summed E-state index contributed by atoms with van der Waals surface area (Å²) in [4.78, 5) is 34.0. The number of aliphatic carboxylic acids is 1. The van der Waals surface area contributed by atoms with Gasteiger partial charge in [-0.2, -0.15) is 0 Å². The van der Waals surface area contributed by atoms with Crippen LogP contribution >= 0.6 is 0 Å². The lowest BCUT2D eigenvalue weighted by Crippen LogP contribution is -2.31. The Bertz CT molecular complexity index is 573. The van der Waals surface area contributed by atoms with E-state index in [0.717, 1.165) is 5.56 Å². The summed E-state index contributed by atoms with van der Waals surface area (Å²) in [6.07, 6.45) is 0.0971. The highest BCUT2D eigenvalue weighted by Crippen LogP contribution is 2.26. The lowest BCUT2D eigenvalue weighted by molar-refractivity contribution is -0.137. The highest BCUT2D eigenvalue weighted by Gasteiger charge is 2.26. The lowest BCUT2D eigenvalue weighted by atomic mass is 9.81. The topological polar surface area (TPSA) is 95.5 Å². The minimum Gasteiger partial charge on any atom is -0.480 e. The van der Waals surface area contributed by atoms with Gasteiger partial charge in [0.15, 0.2) is 0 Å². The van der Waals surface area contributed by atoms with Crippen LogP contribution in [0.25, 0.3) is 0 Å². The molecule has 23 heavy (non-hydrogen) atoms. The second-order valence-corrected chi connectivity index (χ2v) is 6.62. The van der Waals surface area contributed by atoms with Gasteiger partial charge in [-0.3, -0.25) is 14.4 Å². The Labute approximate surface area is 136 Å². The molecular formula is C17H24N2O4. The number of anilines is 1. The highest BCUT2D eigenvalue weighted by atomic mass is 16.4. The summed E-state index contributed by atoms with van der Waals surface area (Å²) in [7, 11) is 0. The molecule has 0 fully saturated rings. The zero-order chi connectivity index (χ0) is 17.6. The number of amides is 2. The highest BCUT2D eigenvalue weighted by molar-refractivity contribution is 5.92. The fourth-order valence-corrected chi connectivity index (χ4v) is 1.77. The molecule has 0 aliphatic rings. The average Bonchev–Trinajstić information content (AvgIpc) is 2.45. The maximum Gasteiger partial charge on any atom is 0.322 e. The quantitative estimate of drug-likeness (QED) is 0.747. The van der Waals surface area contributed by atoms with E-state index in [2.05, 4.69) is 10.6 Å². The standard InChI is InChI=1S/C17H24N2O4/c1-11(17(2,3)4)16(23)19-13-7-5-12(6-8-13)9-14(20)18-10-15(21)22/h5-8,11H,9-10H2,1-4H3,(H,18,20)(H,19,23)(H,21,22). The number of carboxylic acid groups (broad SMARTS) is 1. The zero-order valence-electron chi connectivity index (χ0n) is 14.0. The van der Waals surface area contributed by atoms with Crippen LogP contribution in [0, 0.1) is 11.3 Å². The molecule has 1 aromatic rings. The number of hydrogen-bond donors (Lipinski definition) is 3. The molecule has 0 aliphatic carbocycles. The van der Waals surface area contributed by atoms with Crippen molar-refractivity contribution in [3.05, 3.63) is 29.8 Å². The molecule has 6 heteroatoms. The molecule has 0 saturated carbocycles. The van der Waals surface area contributed by atoms with Crippen LogP contribution in [0.3, 0.4) is 0 Å². The molecule has 0 heterocycles. The van der Waals surface area contributed by atoms with E-state index >= 15 is 0 Å². The summed E-state index contributed by atoms with van der Waals surface area (Å²) < 4.78 is 0. The maximum absolute atomic E-state index is 12.1. The van der Waals surface area contributed by atoms with E-state index in [0.29, 0.717) is 5.69 Å². The second kappa shape index (κ2) is 7.76. The first-order valence-corrected chi connectivity index (χ1v) is 7.48. The smallest absolute Gasteiger partial charge is 0.322 e. The van der Waals surface area contributed by atoms with Crippen molar-refractivity contribution in [2.75, 3.05) is 11.9 Å². The fraction of sp³-hybridized carbons (Fsp3) is 0.471. The third kappa shape index (κ3) is 6.50. The first-order valence-electron chi connectivity index (χ1n) is 7.48. The summed E-state index contributed by atoms with van der Waals surface area (Å²) in [6.45, 7) is 7.52. The SMILES string of the molecule is CC(C(=O)Nc1ccc(CC(=O)NCC(=O)O)cc1)C(C)(C)C. The number of carboxylic acids is 1. The predicted octanol–water partition coefficient (Wildman–Crippen LogP) is 2.05. The Morgan fingerprint density at radius 1 is 1.13 bits per heavy atom. The van der Waals surface area contributed by atoms with Gasteiger partial charge in [0, 0.05) is 11.6 Å². The Kier molecular flexibility index (Phi) is 6.30. The summed E-state index contributed by atoms with van der Waals surface area (Å²) >= 11 is 0. The van der Waals surface area contributed by atoms with E-state index in [1.54, 1.807) is 24.3 Å². The molecule has 0 saturated heterocycles. The van der Waals surface area contributed by atoms with E-state index < -0.39 is 12.5 Å². The van der Waals surface area contributed by atoms with Crippen LogP contribution in [0.2, 0.25) is 0 Å². The van der Waals surface area contributed by atoms with Gasteiger partial charge in [0.25, 0.3) is 0 Å². The summed E-state index contributed by atoms with van der Waals surface area (Å²) in [6, 6.07) is 6.93. The van der Waals surface area contributed by atoms with Crippen molar-refractivity contribution < 1.29 is 19.5 Å². The van der Waals surface area contributed by atoms with Crippen LogP contribution in [0.4, 0.5) is 5.69 Å². The first-order chi connectivity index (χ1) is 10.6. The van der Waals surface area contributed by atoms with Crippen molar-refractivity contribution in [1.29, 1.82) is 0 Å². The molecule has 1 unspecified atom stereocenters. The van der Waals surface area contributed by atoms with Gasteiger partial charge >= 0.3 is 5.97 Å². The minimum atomic E-state index is -1.08. The van der Waals surface area contributed by atoms with Crippen molar-refractivity contribution >= 4 is 23.5 Å². The molecule has 6 nitrogen and oxygen atoms in total. The largest absolute Gasteiger partial charge is 0.480 e. The molecule has 0 radical (unpaired) electrons. The van der Waals surface area contributed by atoms with E-state index in [1.165, 1.54) is 0 Å². The van der Waals surface area contributed by atoms with E-state index in [-0.39, 0.29) is 29.6 Å². The molecule has 1 atom stereocenters. The number of rotatable bonds is 6. The Morgan fingerprint density at radius 3 is 2.17 bits per heavy atom. The van der Waals surface area contributed by atoms with Crippen LogP contribution in [0.1, 0.15) is 33.3 Å². The average molecular weight is 320 g/mol. The third-order valence-corrected chi connectivity index (χ3v) is 3.72. The first kappa shape index (κ1) is 18.7. The normalized spacial score (nSPS) is 12.3. The number of carbonyl (C=O) groups is 3. The van der Waals surface area contributed by atoms with E-state index in [9.17, 15) is 14.4 Å². The molecule has 1 aromatic carbocycles. The summed E-state index contributed by atoms with van der Waals surface area (Å²) in [5.74, 6) is -1.62. The summed E-state index contributed by atoms with van der Waals surface area (Å²) in [5.41, 5.74) is 1.29. The van der Waals surface area contributed by atoms with Crippen molar-refractivity contribution in [3.8, 4) is 0 Å². The van der Waals surface area contributed by atoms with Gasteiger partial charge in [0.2, 0.25) is 11.8 Å². The van der Waals surface area contributed by atoms with Crippen molar-refractivity contribution in [3.63, 3.8) is 0 Å². The molecule has 126 valence electrons. The Morgan fingerprint density at radius 2 is 1.70 bits per heavy atom.